The number of nitriles is 1. The Morgan fingerprint density at radius 2 is 1.44 bits per heavy atom. The van der Waals surface area contributed by atoms with Gasteiger partial charge in [0.2, 0.25) is 11.8 Å². The molecule has 3 heterocycles. The molecule has 0 saturated carbocycles. The molecule has 180 valence electrons. The lowest BCUT2D eigenvalue weighted by Crippen LogP contribution is -2.40. The van der Waals surface area contributed by atoms with E-state index >= 15 is 0 Å². The lowest BCUT2D eigenvalue weighted by atomic mass is 9.92. The summed E-state index contributed by atoms with van der Waals surface area (Å²) < 4.78 is 0. The highest BCUT2D eigenvalue weighted by Crippen LogP contribution is 2.40. The molecule has 3 aliphatic rings. The van der Waals surface area contributed by atoms with Crippen LogP contribution in [0, 0.1) is 17.2 Å². The van der Waals surface area contributed by atoms with Gasteiger partial charge >= 0.3 is 0 Å². The van der Waals surface area contributed by atoms with E-state index in [4.69, 9.17) is 0 Å². The quantitative estimate of drug-likeness (QED) is 0.476. The first kappa shape index (κ1) is 23.8. The smallest absolute Gasteiger partial charge is 0.223 e. The van der Waals surface area contributed by atoms with Gasteiger partial charge in [0.25, 0.3) is 0 Å². The maximum atomic E-state index is 12.9. The maximum absolute atomic E-state index is 12.9. The molecule has 0 unspecified atom stereocenters. The van der Waals surface area contributed by atoms with Crippen LogP contribution in [0.1, 0.15) is 44.9 Å². The van der Waals surface area contributed by atoms with Gasteiger partial charge in [0, 0.05) is 59.5 Å². The molecule has 4 rings (SSSR count). The second-order valence-corrected chi connectivity index (χ2v) is 9.46. The molecule has 0 N–H and O–H groups in total. The van der Waals surface area contributed by atoms with Gasteiger partial charge in [-0.15, -0.1) is 0 Å². The fourth-order valence-electron chi connectivity index (χ4n) is 5.29. The Morgan fingerprint density at radius 1 is 0.882 bits per heavy atom. The second kappa shape index (κ2) is 10.3. The van der Waals surface area contributed by atoms with Crippen molar-refractivity contribution in [3.05, 3.63) is 35.7 Å². The third-order valence-corrected chi connectivity index (χ3v) is 7.31. The molecule has 2 fully saturated rings. The highest BCUT2D eigenvalue weighted by molar-refractivity contribution is 6.03. The van der Waals surface area contributed by atoms with Crippen LogP contribution in [-0.2, 0) is 14.4 Å². The number of carbonyl (C=O) groups excluding carboxylic acids is 3. The molecule has 0 bridgehead atoms. The summed E-state index contributed by atoms with van der Waals surface area (Å²) in [5.74, 6) is 0.738. The minimum Gasteiger partial charge on any atom is -0.343 e. The van der Waals surface area contributed by atoms with Crippen molar-refractivity contribution in [2.24, 2.45) is 5.92 Å². The Morgan fingerprint density at radius 3 is 2.00 bits per heavy atom. The zero-order chi connectivity index (χ0) is 24.2. The summed E-state index contributed by atoms with van der Waals surface area (Å²) in [6, 6.07) is 9.81. The van der Waals surface area contributed by atoms with E-state index in [9.17, 15) is 19.6 Å². The summed E-state index contributed by atoms with van der Waals surface area (Å²) in [6.07, 6.45) is 4.51. The topological polar surface area (TPSA) is 88.0 Å². The minimum atomic E-state index is -0.316. The Kier molecular flexibility index (Phi) is 7.20. The molecule has 34 heavy (non-hydrogen) atoms. The van der Waals surface area contributed by atoms with E-state index in [2.05, 4.69) is 6.07 Å². The van der Waals surface area contributed by atoms with E-state index < -0.39 is 0 Å². The Hall–Kier alpha value is -3.34. The van der Waals surface area contributed by atoms with Gasteiger partial charge in [-0.25, -0.2) is 0 Å². The lowest BCUT2D eigenvalue weighted by Gasteiger charge is -2.32. The van der Waals surface area contributed by atoms with Crippen LogP contribution in [0.2, 0.25) is 0 Å². The number of hydrogen-bond donors (Lipinski definition) is 0. The molecular formula is C26H33N5O3. The van der Waals surface area contributed by atoms with Crippen molar-refractivity contribution in [2.45, 2.75) is 44.9 Å². The fraction of sp³-hybridized carbons (Fsp3) is 0.538. The molecule has 8 nitrogen and oxygen atoms in total. The molecule has 8 heteroatoms. The zero-order valence-corrected chi connectivity index (χ0v) is 20.1. The van der Waals surface area contributed by atoms with Crippen molar-refractivity contribution in [3.63, 3.8) is 0 Å². The molecule has 1 aromatic rings. The molecule has 0 radical (unpaired) electrons. The summed E-state index contributed by atoms with van der Waals surface area (Å²) in [4.78, 5) is 45.6. The number of nitrogens with zero attached hydrogens (tertiary/aromatic N) is 5. The number of amides is 2. The number of hydrogen-bond acceptors (Lipinski definition) is 6. The van der Waals surface area contributed by atoms with Crippen LogP contribution >= 0.6 is 0 Å². The summed E-state index contributed by atoms with van der Waals surface area (Å²) in [5, 5.41) is 9.76. The van der Waals surface area contributed by atoms with Crippen LogP contribution in [-0.4, -0.2) is 67.7 Å². The largest absolute Gasteiger partial charge is 0.343 e. The summed E-state index contributed by atoms with van der Waals surface area (Å²) in [5.41, 5.74) is 1.94. The second-order valence-electron chi connectivity index (χ2n) is 9.46. The number of Topliss-reactive ketones (excluding diaryl/α,β-unsaturated/α-hetero) is 1. The van der Waals surface area contributed by atoms with Crippen LogP contribution in [0.25, 0.3) is 0 Å². The summed E-state index contributed by atoms with van der Waals surface area (Å²) in [7, 11) is 3.68. The standard InChI is InChI=1S/C26H33N5O3/c1-28-21-7-3-4-8-22(21)29(2)26(28)20(18-27)23(32)9-10-24(33)31-15-11-19(12-16-31)17-25(34)30-13-5-6-14-30/h3-4,7-8,19H,5-6,9-17H2,1-2H3. The maximum Gasteiger partial charge on any atom is 0.223 e. The van der Waals surface area contributed by atoms with E-state index in [1.165, 1.54) is 0 Å². The van der Waals surface area contributed by atoms with Gasteiger partial charge < -0.3 is 19.6 Å². The molecular weight excluding hydrogens is 430 g/mol. The van der Waals surface area contributed by atoms with E-state index in [0.29, 0.717) is 31.2 Å². The first-order valence-electron chi connectivity index (χ1n) is 12.2. The third-order valence-electron chi connectivity index (χ3n) is 7.31. The Labute approximate surface area is 201 Å². The van der Waals surface area contributed by atoms with Crippen molar-refractivity contribution < 1.29 is 14.4 Å². The molecule has 1 aromatic carbocycles. The average Bonchev–Trinajstić information content (AvgIpc) is 3.48. The number of likely N-dealkylation sites (tertiary alicyclic amines) is 2. The van der Waals surface area contributed by atoms with Crippen LogP contribution in [0.3, 0.4) is 0 Å². The highest BCUT2D eigenvalue weighted by Gasteiger charge is 2.32. The number of allylic oxidation sites excluding steroid dienone is 1. The number of benzene rings is 1. The molecule has 2 amide bonds. The number of piperidine rings is 1. The summed E-state index contributed by atoms with van der Waals surface area (Å²) >= 11 is 0. The number of anilines is 2. The summed E-state index contributed by atoms with van der Waals surface area (Å²) in [6.45, 7) is 3.00. The van der Waals surface area contributed by atoms with Gasteiger partial charge in [-0.3, -0.25) is 14.4 Å². The number of rotatable bonds is 6. The van der Waals surface area contributed by atoms with Crippen molar-refractivity contribution in [2.75, 3.05) is 50.1 Å². The van der Waals surface area contributed by atoms with Crippen LogP contribution in [0.5, 0.6) is 0 Å². The molecule has 0 aliphatic carbocycles. The average molecular weight is 464 g/mol. The van der Waals surface area contributed by atoms with E-state index in [1.807, 2.05) is 53.1 Å². The van der Waals surface area contributed by atoms with Gasteiger partial charge in [-0.1, -0.05) is 12.1 Å². The molecule has 0 atom stereocenters. The zero-order valence-electron chi connectivity index (χ0n) is 20.1. The SMILES string of the molecule is CN1C(=C(C#N)C(=O)CCC(=O)N2CCC(CC(=O)N3CCCC3)CC2)N(C)c2ccccc21. The van der Waals surface area contributed by atoms with Crippen molar-refractivity contribution in [3.8, 4) is 6.07 Å². The molecule has 0 spiro atoms. The van der Waals surface area contributed by atoms with E-state index in [0.717, 1.165) is 50.1 Å². The van der Waals surface area contributed by atoms with Crippen LogP contribution in [0.15, 0.2) is 35.7 Å². The van der Waals surface area contributed by atoms with E-state index in [1.54, 1.807) is 4.90 Å². The predicted molar refractivity (Wildman–Crippen MR) is 130 cm³/mol. The minimum absolute atomic E-state index is 0.0105. The normalized spacial score (nSPS) is 18.2. The van der Waals surface area contributed by atoms with Gasteiger partial charge in [0.1, 0.15) is 17.5 Å². The first-order chi connectivity index (χ1) is 16.4. The van der Waals surface area contributed by atoms with Crippen LogP contribution < -0.4 is 9.80 Å². The van der Waals surface area contributed by atoms with Crippen molar-refractivity contribution in [1.82, 2.24) is 9.80 Å². The molecule has 2 saturated heterocycles. The van der Waals surface area contributed by atoms with Crippen molar-refractivity contribution >= 4 is 29.0 Å². The number of para-hydroxylation sites is 2. The van der Waals surface area contributed by atoms with Gasteiger partial charge in [-0.05, 0) is 43.7 Å². The predicted octanol–water partition coefficient (Wildman–Crippen LogP) is 2.91. The fourth-order valence-corrected chi connectivity index (χ4v) is 5.29. The molecule has 0 aromatic heterocycles. The van der Waals surface area contributed by atoms with Crippen LogP contribution in [0.4, 0.5) is 11.4 Å². The number of ketones is 1. The first-order valence-corrected chi connectivity index (χ1v) is 12.2. The highest BCUT2D eigenvalue weighted by atomic mass is 16.2. The number of fused-ring (bicyclic) bond motifs is 1. The van der Waals surface area contributed by atoms with Gasteiger partial charge in [0.15, 0.2) is 5.78 Å². The van der Waals surface area contributed by atoms with Gasteiger partial charge in [0.05, 0.1) is 11.4 Å². The Bertz CT molecular complexity index is 998. The van der Waals surface area contributed by atoms with E-state index in [-0.39, 0.29) is 36.0 Å². The third kappa shape index (κ3) is 4.79. The lowest BCUT2D eigenvalue weighted by molar-refractivity contribution is -0.134. The Balaban J connectivity index is 1.29. The number of carbonyl (C=O) groups is 3. The van der Waals surface area contributed by atoms with Crippen molar-refractivity contribution in [1.29, 1.82) is 5.26 Å². The van der Waals surface area contributed by atoms with Gasteiger partial charge in [-0.2, -0.15) is 5.26 Å². The molecule has 3 aliphatic heterocycles. The monoisotopic (exact) mass is 463 g/mol.